The number of aliphatic hydroxyl groups is 1. The molecule has 5 nitrogen and oxygen atoms in total. The van der Waals surface area contributed by atoms with Gasteiger partial charge in [0.2, 0.25) is 0 Å². The zero-order chi connectivity index (χ0) is 13.2. The van der Waals surface area contributed by atoms with E-state index in [0.717, 1.165) is 13.1 Å². The first-order chi connectivity index (χ1) is 8.51. The molecule has 2 rings (SSSR count). The summed E-state index contributed by atoms with van der Waals surface area (Å²) in [6, 6.07) is 0. The van der Waals surface area contributed by atoms with Crippen LogP contribution in [0.5, 0.6) is 0 Å². The second kappa shape index (κ2) is 5.45. The third-order valence-electron chi connectivity index (χ3n) is 4.11. The molecule has 0 aromatic rings. The summed E-state index contributed by atoms with van der Waals surface area (Å²) < 4.78 is 22.8. The number of hydrogen-bond acceptors (Lipinski definition) is 5. The Morgan fingerprint density at radius 2 is 1.94 bits per heavy atom. The highest BCUT2D eigenvalue weighted by Crippen LogP contribution is 2.40. The maximum Gasteiger partial charge on any atom is 0.152 e. The molecule has 1 aliphatic carbocycles. The van der Waals surface area contributed by atoms with E-state index in [9.17, 15) is 13.5 Å². The summed E-state index contributed by atoms with van der Waals surface area (Å²) in [5.41, 5.74) is -0.226. The van der Waals surface area contributed by atoms with Gasteiger partial charge in [0.1, 0.15) is 0 Å². The van der Waals surface area contributed by atoms with E-state index in [1.165, 1.54) is 12.8 Å². The van der Waals surface area contributed by atoms with Crippen molar-refractivity contribution in [1.82, 2.24) is 10.2 Å². The van der Waals surface area contributed by atoms with E-state index < -0.39 is 9.84 Å². The van der Waals surface area contributed by atoms with Crippen molar-refractivity contribution in [2.75, 3.05) is 44.3 Å². The molecule has 106 valence electrons. The Morgan fingerprint density at radius 3 is 2.39 bits per heavy atom. The van der Waals surface area contributed by atoms with E-state index in [-0.39, 0.29) is 23.7 Å². The van der Waals surface area contributed by atoms with E-state index in [1.807, 2.05) is 6.92 Å². The fourth-order valence-corrected chi connectivity index (χ4v) is 4.14. The van der Waals surface area contributed by atoms with Crippen molar-refractivity contribution in [2.24, 2.45) is 5.92 Å². The van der Waals surface area contributed by atoms with Crippen molar-refractivity contribution in [3.8, 4) is 0 Å². The number of nitrogens with one attached hydrogen (secondary N) is 1. The molecule has 1 saturated heterocycles. The Balaban J connectivity index is 1.97. The molecular formula is C12H24N2O3S. The molecule has 2 fully saturated rings. The van der Waals surface area contributed by atoms with Crippen molar-refractivity contribution in [3.63, 3.8) is 0 Å². The van der Waals surface area contributed by atoms with E-state index in [2.05, 4.69) is 10.2 Å². The quantitative estimate of drug-likeness (QED) is 0.682. The molecule has 1 saturated carbocycles. The SMILES string of the molecule is CCNC(CO)(CN1CCS(=O)(=O)CC1)C1CC1. The molecule has 0 aromatic heterocycles. The minimum absolute atomic E-state index is 0.134. The van der Waals surface area contributed by atoms with Gasteiger partial charge in [0.05, 0.1) is 23.7 Å². The molecule has 0 bridgehead atoms. The van der Waals surface area contributed by atoms with Crippen LogP contribution in [0.25, 0.3) is 0 Å². The predicted molar refractivity (Wildman–Crippen MR) is 71.3 cm³/mol. The van der Waals surface area contributed by atoms with Crippen LogP contribution in [0.3, 0.4) is 0 Å². The smallest absolute Gasteiger partial charge is 0.152 e. The first-order valence-corrected chi connectivity index (χ1v) is 8.62. The maximum atomic E-state index is 11.4. The number of sulfone groups is 1. The molecule has 2 N–H and O–H groups in total. The highest BCUT2D eigenvalue weighted by Gasteiger charge is 2.45. The lowest BCUT2D eigenvalue weighted by Crippen LogP contribution is -2.59. The fourth-order valence-electron chi connectivity index (χ4n) is 2.86. The zero-order valence-electron chi connectivity index (χ0n) is 11.1. The van der Waals surface area contributed by atoms with Crippen LogP contribution in [0.2, 0.25) is 0 Å². The minimum Gasteiger partial charge on any atom is -0.394 e. The third kappa shape index (κ3) is 3.23. The van der Waals surface area contributed by atoms with Crippen LogP contribution in [0.4, 0.5) is 0 Å². The van der Waals surface area contributed by atoms with Gasteiger partial charge < -0.3 is 10.4 Å². The van der Waals surface area contributed by atoms with Crippen molar-refractivity contribution in [3.05, 3.63) is 0 Å². The topological polar surface area (TPSA) is 69.6 Å². The average Bonchev–Trinajstić information content (AvgIpc) is 3.15. The normalized spacial score (nSPS) is 27.9. The van der Waals surface area contributed by atoms with Crippen LogP contribution in [0.15, 0.2) is 0 Å². The highest BCUT2D eigenvalue weighted by molar-refractivity contribution is 7.91. The summed E-state index contributed by atoms with van der Waals surface area (Å²) in [5.74, 6) is 1.05. The molecule has 6 heteroatoms. The number of likely N-dealkylation sites (N-methyl/N-ethyl adjacent to an activating group) is 1. The average molecular weight is 276 g/mol. The van der Waals surface area contributed by atoms with Gasteiger partial charge in [-0.3, -0.25) is 4.90 Å². The molecule has 1 heterocycles. The summed E-state index contributed by atoms with van der Waals surface area (Å²) in [5, 5.41) is 13.2. The Morgan fingerprint density at radius 1 is 1.33 bits per heavy atom. The Hall–Kier alpha value is -0.170. The lowest BCUT2D eigenvalue weighted by atomic mass is 9.93. The summed E-state index contributed by atoms with van der Waals surface area (Å²) in [4.78, 5) is 2.18. The maximum absolute atomic E-state index is 11.4. The standard InChI is InChI=1S/C12H24N2O3S/c1-2-13-12(10-15,11-3-4-11)9-14-5-7-18(16,17)8-6-14/h11,13,15H,2-10H2,1H3. The third-order valence-corrected chi connectivity index (χ3v) is 5.72. The van der Waals surface area contributed by atoms with Gasteiger partial charge in [0.15, 0.2) is 9.84 Å². The van der Waals surface area contributed by atoms with Crippen LogP contribution in [0, 0.1) is 5.92 Å². The van der Waals surface area contributed by atoms with Crippen molar-refractivity contribution in [2.45, 2.75) is 25.3 Å². The molecule has 0 amide bonds. The van der Waals surface area contributed by atoms with Gasteiger partial charge >= 0.3 is 0 Å². The Bertz CT molecular complexity index is 367. The van der Waals surface area contributed by atoms with E-state index in [0.29, 0.717) is 19.0 Å². The Kier molecular flexibility index (Phi) is 4.31. The second-order valence-electron chi connectivity index (χ2n) is 5.55. The van der Waals surface area contributed by atoms with Gasteiger partial charge in [-0.15, -0.1) is 0 Å². The fraction of sp³-hybridized carbons (Fsp3) is 1.00. The largest absolute Gasteiger partial charge is 0.394 e. The van der Waals surface area contributed by atoms with Crippen LogP contribution in [-0.4, -0.2) is 68.3 Å². The van der Waals surface area contributed by atoms with Crippen LogP contribution >= 0.6 is 0 Å². The van der Waals surface area contributed by atoms with Crippen LogP contribution in [-0.2, 0) is 9.84 Å². The second-order valence-corrected chi connectivity index (χ2v) is 7.85. The van der Waals surface area contributed by atoms with Gasteiger partial charge in [-0.25, -0.2) is 8.42 Å². The predicted octanol–water partition coefficient (Wildman–Crippen LogP) is -0.533. The van der Waals surface area contributed by atoms with Gasteiger partial charge in [-0.1, -0.05) is 6.92 Å². The minimum atomic E-state index is -2.82. The number of rotatable bonds is 6. The monoisotopic (exact) mass is 276 g/mol. The molecule has 0 spiro atoms. The van der Waals surface area contributed by atoms with Gasteiger partial charge in [-0.05, 0) is 25.3 Å². The van der Waals surface area contributed by atoms with E-state index in [1.54, 1.807) is 0 Å². The number of nitrogens with zero attached hydrogens (tertiary/aromatic N) is 1. The summed E-state index contributed by atoms with van der Waals surface area (Å²) in [7, 11) is -2.82. The first-order valence-electron chi connectivity index (χ1n) is 6.80. The van der Waals surface area contributed by atoms with Crippen molar-refractivity contribution >= 4 is 9.84 Å². The molecule has 0 radical (unpaired) electrons. The Labute approximate surface area is 109 Å². The number of aliphatic hydroxyl groups excluding tert-OH is 1. The van der Waals surface area contributed by atoms with Crippen LogP contribution in [0.1, 0.15) is 19.8 Å². The van der Waals surface area contributed by atoms with Crippen molar-refractivity contribution in [1.29, 1.82) is 0 Å². The van der Waals surface area contributed by atoms with Gasteiger partial charge in [-0.2, -0.15) is 0 Å². The van der Waals surface area contributed by atoms with E-state index in [4.69, 9.17) is 0 Å². The zero-order valence-corrected chi connectivity index (χ0v) is 11.9. The lowest BCUT2D eigenvalue weighted by molar-refractivity contribution is 0.0954. The molecule has 1 aliphatic heterocycles. The molecule has 0 aromatic carbocycles. The molecule has 18 heavy (non-hydrogen) atoms. The molecule has 2 aliphatic rings. The summed E-state index contributed by atoms with van der Waals surface area (Å²) >= 11 is 0. The number of hydrogen-bond donors (Lipinski definition) is 2. The molecule has 1 unspecified atom stereocenters. The summed E-state index contributed by atoms with van der Waals surface area (Å²) in [6.45, 7) is 4.98. The highest BCUT2D eigenvalue weighted by atomic mass is 32.2. The first kappa shape index (κ1) is 14.2. The van der Waals surface area contributed by atoms with Crippen molar-refractivity contribution < 1.29 is 13.5 Å². The summed E-state index contributed by atoms with van der Waals surface area (Å²) in [6.07, 6.45) is 2.33. The van der Waals surface area contributed by atoms with Crippen LogP contribution < -0.4 is 5.32 Å². The molecular weight excluding hydrogens is 252 g/mol. The van der Waals surface area contributed by atoms with E-state index >= 15 is 0 Å². The van der Waals surface area contributed by atoms with Gasteiger partial charge in [0, 0.05) is 19.6 Å². The van der Waals surface area contributed by atoms with Gasteiger partial charge in [0.25, 0.3) is 0 Å². The lowest BCUT2D eigenvalue weighted by Gasteiger charge is -2.39. The molecule has 1 atom stereocenters.